The minimum Gasteiger partial charge on any atom is -0.461 e. The fraction of sp³-hybridized carbons (Fsp3) is 0.286. The lowest BCUT2D eigenvalue weighted by Gasteiger charge is -2.11. The summed E-state index contributed by atoms with van der Waals surface area (Å²) in [6.45, 7) is 6.13. The van der Waals surface area contributed by atoms with Crippen LogP contribution in [0.25, 0.3) is 22.5 Å². The number of aromatic amines is 2. The van der Waals surface area contributed by atoms with Gasteiger partial charge < -0.3 is 20.0 Å². The molecule has 3 heterocycles. The Hall–Kier alpha value is -2.82. The Labute approximate surface area is 192 Å². The second-order valence-corrected chi connectivity index (χ2v) is 6.73. The van der Waals surface area contributed by atoms with E-state index in [-0.39, 0.29) is 24.0 Å². The number of halogens is 1. The fourth-order valence-electron chi connectivity index (χ4n) is 3.34. The number of para-hydroxylation sites is 1. The molecule has 0 aliphatic carbocycles. The van der Waals surface area contributed by atoms with Crippen molar-refractivity contribution in [1.29, 1.82) is 0 Å². The lowest BCUT2D eigenvalue weighted by Crippen LogP contribution is -2.38. The molecule has 9 heteroatoms. The third-order valence-corrected chi connectivity index (χ3v) is 4.70. The van der Waals surface area contributed by atoms with Crippen LogP contribution in [-0.4, -0.2) is 39.2 Å². The van der Waals surface area contributed by atoms with Crippen LogP contribution in [0.15, 0.2) is 52.1 Å². The Kier molecular flexibility index (Phi) is 7.50. The molecule has 0 aliphatic heterocycles. The van der Waals surface area contributed by atoms with Crippen molar-refractivity contribution in [3.8, 4) is 11.6 Å². The highest BCUT2D eigenvalue weighted by molar-refractivity contribution is 14.0. The predicted molar refractivity (Wildman–Crippen MR) is 129 cm³/mol. The maximum absolute atomic E-state index is 5.32. The number of aryl methyl sites for hydroxylation is 1. The minimum atomic E-state index is 0. The van der Waals surface area contributed by atoms with Crippen LogP contribution < -0.4 is 10.6 Å². The third-order valence-electron chi connectivity index (χ3n) is 4.70. The van der Waals surface area contributed by atoms with E-state index in [1.807, 2.05) is 19.1 Å². The van der Waals surface area contributed by atoms with Gasteiger partial charge in [-0.2, -0.15) is 0 Å². The Balaban J connectivity index is 0.00000256. The van der Waals surface area contributed by atoms with Crippen LogP contribution >= 0.6 is 24.0 Å². The highest BCUT2D eigenvalue weighted by Gasteiger charge is 2.09. The predicted octanol–water partition coefficient (Wildman–Crippen LogP) is 3.77. The molecule has 0 spiro atoms. The Morgan fingerprint density at radius 1 is 1.17 bits per heavy atom. The topological polar surface area (TPSA) is 107 Å². The van der Waals surface area contributed by atoms with Crippen molar-refractivity contribution in [3.63, 3.8) is 0 Å². The molecule has 1 aromatic carbocycles. The van der Waals surface area contributed by atoms with E-state index in [0.717, 1.165) is 25.5 Å². The molecular formula is C21H26IN7O. The second kappa shape index (κ2) is 10.3. The van der Waals surface area contributed by atoms with Crippen LogP contribution in [-0.2, 0) is 13.0 Å². The molecule has 0 atom stereocenters. The van der Waals surface area contributed by atoms with Gasteiger partial charge in [0.05, 0.1) is 6.26 Å². The van der Waals surface area contributed by atoms with Gasteiger partial charge in [0, 0.05) is 29.7 Å². The fourth-order valence-corrected chi connectivity index (χ4v) is 3.34. The van der Waals surface area contributed by atoms with Crippen molar-refractivity contribution in [2.24, 2.45) is 4.99 Å². The van der Waals surface area contributed by atoms with Gasteiger partial charge in [0.15, 0.2) is 11.7 Å². The highest BCUT2D eigenvalue weighted by atomic mass is 127. The first-order valence-electron chi connectivity index (χ1n) is 9.78. The average Bonchev–Trinajstić information content (AvgIpc) is 3.46. The van der Waals surface area contributed by atoms with E-state index in [1.165, 1.54) is 22.2 Å². The van der Waals surface area contributed by atoms with Gasteiger partial charge in [-0.3, -0.25) is 5.10 Å². The number of benzene rings is 1. The van der Waals surface area contributed by atoms with Gasteiger partial charge in [0.2, 0.25) is 5.82 Å². The maximum atomic E-state index is 5.32. The van der Waals surface area contributed by atoms with E-state index in [2.05, 4.69) is 67.0 Å². The zero-order valence-corrected chi connectivity index (χ0v) is 19.4. The summed E-state index contributed by atoms with van der Waals surface area (Å²) < 4.78 is 5.32. The quantitative estimate of drug-likeness (QED) is 0.169. The van der Waals surface area contributed by atoms with Gasteiger partial charge in [-0.1, -0.05) is 18.2 Å². The number of H-pyrrole nitrogens is 2. The summed E-state index contributed by atoms with van der Waals surface area (Å²) in [6.07, 6.45) is 2.51. The highest BCUT2D eigenvalue weighted by Crippen LogP contribution is 2.21. The molecule has 0 fully saturated rings. The number of fused-ring (bicyclic) bond motifs is 1. The van der Waals surface area contributed by atoms with Gasteiger partial charge in [-0.15, -0.1) is 29.1 Å². The molecule has 0 saturated carbocycles. The molecule has 30 heavy (non-hydrogen) atoms. The van der Waals surface area contributed by atoms with Gasteiger partial charge in [-0.25, -0.2) is 9.98 Å². The lowest BCUT2D eigenvalue weighted by molar-refractivity contribution is 0.577. The van der Waals surface area contributed by atoms with E-state index in [0.29, 0.717) is 24.0 Å². The molecule has 158 valence electrons. The molecule has 0 unspecified atom stereocenters. The molecule has 3 aromatic heterocycles. The number of guanidine groups is 1. The maximum Gasteiger partial charge on any atom is 0.216 e. The Bertz CT molecular complexity index is 1100. The molecule has 4 aromatic rings. The van der Waals surface area contributed by atoms with Crippen molar-refractivity contribution in [2.45, 2.75) is 26.8 Å². The molecule has 8 nitrogen and oxygen atoms in total. The minimum absolute atomic E-state index is 0. The number of nitrogens with one attached hydrogen (secondary N) is 4. The Morgan fingerprint density at radius 3 is 2.83 bits per heavy atom. The summed E-state index contributed by atoms with van der Waals surface area (Å²) in [5.74, 6) is 2.60. The van der Waals surface area contributed by atoms with Gasteiger partial charge in [-0.05, 0) is 44.0 Å². The third kappa shape index (κ3) is 5.02. The molecule has 0 saturated heterocycles. The number of hydrogen-bond donors (Lipinski definition) is 4. The van der Waals surface area contributed by atoms with Gasteiger partial charge in [0.25, 0.3) is 0 Å². The average molecular weight is 519 g/mol. The number of aromatic nitrogens is 4. The normalized spacial score (nSPS) is 11.5. The SMILES string of the molecule is CCNC(=NCc1nc(-c2ccco2)n[nH]1)NCCc1c(C)[nH]c2ccccc12.I. The summed E-state index contributed by atoms with van der Waals surface area (Å²) in [4.78, 5) is 12.5. The van der Waals surface area contributed by atoms with Crippen LogP contribution in [0.1, 0.15) is 24.0 Å². The van der Waals surface area contributed by atoms with Crippen molar-refractivity contribution in [1.82, 2.24) is 30.8 Å². The van der Waals surface area contributed by atoms with E-state index in [4.69, 9.17) is 4.42 Å². The monoisotopic (exact) mass is 519 g/mol. The summed E-state index contributed by atoms with van der Waals surface area (Å²) in [5.41, 5.74) is 3.72. The molecule has 0 radical (unpaired) electrons. The van der Waals surface area contributed by atoms with Crippen LogP contribution in [0, 0.1) is 6.92 Å². The Morgan fingerprint density at radius 2 is 2.03 bits per heavy atom. The smallest absolute Gasteiger partial charge is 0.216 e. The second-order valence-electron chi connectivity index (χ2n) is 6.73. The largest absolute Gasteiger partial charge is 0.461 e. The van der Waals surface area contributed by atoms with Crippen LogP contribution in [0.2, 0.25) is 0 Å². The van der Waals surface area contributed by atoms with Crippen LogP contribution in [0.5, 0.6) is 0 Å². The first-order valence-corrected chi connectivity index (χ1v) is 9.78. The van der Waals surface area contributed by atoms with E-state index in [1.54, 1.807) is 6.26 Å². The number of hydrogen-bond acceptors (Lipinski definition) is 4. The van der Waals surface area contributed by atoms with Crippen molar-refractivity contribution in [3.05, 3.63) is 59.7 Å². The van der Waals surface area contributed by atoms with Crippen LogP contribution in [0.3, 0.4) is 0 Å². The molecule has 0 amide bonds. The molecule has 4 rings (SSSR count). The zero-order chi connectivity index (χ0) is 20.1. The summed E-state index contributed by atoms with van der Waals surface area (Å²) in [6, 6.07) is 12.0. The van der Waals surface area contributed by atoms with Gasteiger partial charge >= 0.3 is 0 Å². The van der Waals surface area contributed by atoms with Gasteiger partial charge in [0.1, 0.15) is 12.4 Å². The molecule has 0 aliphatic rings. The summed E-state index contributed by atoms with van der Waals surface area (Å²) in [5, 5.41) is 15.0. The summed E-state index contributed by atoms with van der Waals surface area (Å²) >= 11 is 0. The molecule has 4 N–H and O–H groups in total. The number of furan rings is 1. The molecular weight excluding hydrogens is 493 g/mol. The van der Waals surface area contributed by atoms with Crippen molar-refractivity contribution >= 4 is 40.8 Å². The van der Waals surface area contributed by atoms with Crippen molar-refractivity contribution in [2.75, 3.05) is 13.1 Å². The van der Waals surface area contributed by atoms with E-state index < -0.39 is 0 Å². The van der Waals surface area contributed by atoms with E-state index >= 15 is 0 Å². The summed E-state index contributed by atoms with van der Waals surface area (Å²) in [7, 11) is 0. The number of aliphatic imine (C=N–C) groups is 1. The standard InChI is InChI=1S/C21H25N7O.HI/c1-3-22-21(24-13-19-26-20(28-27-19)18-9-6-12-29-18)23-11-10-15-14(2)25-17-8-5-4-7-16(15)17;/h4-9,12,25H,3,10-11,13H2,1-2H3,(H2,22,23,24)(H,26,27,28);1H. The molecule has 0 bridgehead atoms. The van der Waals surface area contributed by atoms with Crippen LogP contribution in [0.4, 0.5) is 0 Å². The lowest BCUT2D eigenvalue weighted by atomic mass is 10.1. The number of rotatable bonds is 7. The number of nitrogens with zero attached hydrogens (tertiary/aromatic N) is 3. The zero-order valence-electron chi connectivity index (χ0n) is 17.0. The van der Waals surface area contributed by atoms with Crippen molar-refractivity contribution < 1.29 is 4.42 Å². The first-order chi connectivity index (χ1) is 14.2. The van der Waals surface area contributed by atoms with E-state index in [9.17, 15) is 0 Å². The first kappa shape index (κ1) is 21.9.